The molecule has 0 radical (unpaired) electrons. The van der Waals surface area contributed by atoms with Crippen molar-refractivity contribution in [2.45, 2.75) is 39.3 Å². The lowest BCUT2D eigenvalue weighted by Crippen LogP contribution is -2.10. The monoisotopic (exact) mass is 273 g/mol. The van der Waals surface area contributed by atoms with E-state index in [9.17, 15) is 0 Å². The van der Waals surface area contributed by atoms with Gasteiger partial charge < -0.3 is 10.1 Å². The van der Waals surface area contributed by atoms with Crippen molar-refractivity contribution in [3.8, 4) is 5.75 Å². The van der Waals surface area contributed by atoms with Crippen LogP contribution in [0.3, 0.4) is 0 Å². The topological polar surface area (TPSA) is 39.1 Å². The lowest BCUT2D eigenvalue weighted by Gasteiger charge is -2.16. The second-order valence-electron chi connectivity index (χ2n) is 5.18. The molecular formula is C16H23N3O. The number of nitrogens with one attached hydrogen (secondary N) is 1. The van der Waals surface area contributed by atoms with E-state index in [1.807, 2.05) is 42.3 Å². The minimum Gasteiger partial charge on any atom is -0.491 e. The van der Waals surface area contributed by atoms with Crippen LogP contribution in [0.25, 0.3) is 0 Å². The Hall–Kier alpha value is -1.97. The third-order valence-corrected chi connectivity index (χ3v) is 3.35. The van der Waals surface area contributed by atoms with Crippen LogP contribution in [-0.4, -0.2) is 15.9 Å². The summed E-state index contributed by atoms with van der Waals surface area (Å²) in [5, 5.41) is 7.67. The molecule has 0 aliphatic rings. The van der Waals surface area contributed by atoms with Gasteiger partial charge in [-0.3, -0.25) is 4.68 Å². The van der Waals surface area contributed by atoms with Crippen LogP contribution in [0.5, 0.6) is 5.75 Å². The maximum atomic E-state index is 5.84. The van der Waals surface area contributed by atoms with E-state index >= 15 is 0 Å². The summed E-state index contributed by atoms with van der Waals surface area (Å²) in [6.45, 7) is 6.33. The van der Waals surface area contributed by atoms with Crippen LogP contribution in [-0.2, 0) is 7.05 Å². The van der Waals surface area contributed by atoms with Gasteiger partial charge in [0, 0.05) is 30.6 Å². The van der Waals surface area contributed by atoms with Crippen LogP contribution in [0.4, 0.5) is 5.69 Å². The van der Waals surface area contributed by atoms with E-state index in [1.54, 1.807) is 0 Å². The predicted octanol–water partition coefficient (Wildman–Crippen LogP) is 3.77. The zero-order chi connectivity index (χ0) is 14.5. The van der Waals surface area contributed by atoms with E-state index < -0.39 is 0 Å². The number of aryl methyl sites for hydroxylation is 1. The zero-order valence-corrected chi connectivity index (χ0v) is 12.6. The van der Waals surface area contributed by atoms with Crippen LogP contribution >= 0.6 is 0 Å². The van der Waals surface area contributed by atoms with Crippen molar-refractivity contribution >= 4 is 5.69 Å². The van der Waals surface area contributed by atoms with Gasteiger partial charge in [0.25, 0.3) is 0 Å². The second-order valence-corrected chi connectivity index (χ2v) is 5.18. The summed E-state index contributed by atoms with van der Waals surface area (Å²) in [5.74, 6) is 0.905. The summed E-state index contributed by atoms with van der Waals surface area (Å²) < 4.78 is 7.65. The van der Waals surface area contributed by atoms with Crippen molar-refractivity contribution in [1.29, 1.82) is 0 Å². The van der Waals surface area contributed by atoms with Crippen LogP contribution < -0.4 is 10.1 Å². The highest BCUT2D eigenvalue weighted by atomic mass is 16.5. The quantitative estimate of drug-likeness (QED) is 0.870. The largest absolute Gasteiger partial charge is 0.491 e. The average molecular weight is 273 g/mol. The molecule has 0 aliphatic heterocycles. The zero-order valence-electron chi connectivity index (χ0n) is 12.6. The van der Waals surface area contributed by atoms with Crippen LogP contribution in [0.2, 0.25) is 0 Å². The van der Waals surface area contributed by atoms with Gasteiger partial charge in [-0.2, -0.15) is 5.10 Å². The maximum Gasteiger partial charge on any atom is 0.121 e. The predicted molar refractivity (Wildman–Crippen MR) is 82.1 cm³/mol. The molecule has 0 bridgehead atoms. The molecule has 0 fully saturated rings. The van der Waals surface area contributed by atoms with Crippen LogP contribution in [0.15, 0.2) is 36.7 Å². The van der Waals surface area contributed by atoms with Crippen molar-refractivity contribution in [2.75, 3.05) is 5.32 Å². The molecule has 2 aromatic rings. The van der Waals surface area contributed by atoms with E-state index in [2.05, 4.69) is 37.3 Å². The van der Waals surface area contributed by atoms with Gasteiger partial charge in [-0.25, -0.2) is 0 Å². The Morgan fingerprint density at radius 1 is 1.35 bits per heavy atom. The first kappa shape index (κ1) is 14.4. The fourth-order valence-corrected chi connectivity index (χ4v) is 1.97. The van der Waals surface area contributed by atoms with E-state index in [-0.39, 0.29) is 12.1 Å². The summed E-state index contributed by atoms with van der Waals surface area (Å²) in [6.07, 6.45) is 5.15. The Morgan fingerprint density at radius 3 is 2.80 bits per heavy atom. The summed E-state index contributed by atoms with van der Waals surface area (Å²) in [4.78, 5) is 0. The van der Waals surface area contributed by atoms with Gasteiger partial charge in [0.05, 0.1) is 18.3 Å². The lowest BCUT2D eigenvalue weighted by molar-refractivity contribution is 0.217. The lowest BCUT2D eigenvalue weighted by atomic mass is 10.2. The van der Waals surface area contributed by atoms with E-state index in [0.717, 1.165) is 17.9 Å². The molecule has 1 aromatic heterocycles. The molecule has 0 unspecified atom stereocenters. The van der Waals surface area contributed by atoms with Crippen molar-refractivity contribution in [1.82, 2.24) is 9.78 Å². The fraction of sp³-hybridized carbons (Fsp3) is 0.438. The van der Waals surface area contributed by atoms with Crippen molar-refractivity contribution in [3.63, 3.8) is 0 Å². The van der Waals surface area contributed by atoms with Gasteiger partial charge in [-0.05, 0) is 32.4 Å². The van der Waals surface area contributed by atoms with Crippen LogP contribution in [0, 0.1) is 0 Å². The number of hydrogen-bond acceptors (Lipinski definition) is 3. The molecule has 0 spiro atoms. The number of benzene rings is 1. The Kier molecular flexibility index (Phi) is 4.66. The Balaban J connectivity index is 2.04. The first-order chi connectivity index (χ1) is 9.58. The molecule has 1 N–H and O–H groups in total. The number of ether oxygens (including phenoxy) is 1. The van der Waals surface area contributed by atoms with E-state index in [1.165, 1.54) is 5.56 Å². The number of aromatic nitrogens is 2. The second kappa shape index (κ2) is 6.46. The summed E-state index contributed by atoms with van der Waals surface area (Å²) in [6, 6.07) is 8.31. The normalized spacial score (nSPS) is 13.8. The van der Waals surface area contributed by atoms with Crippen molar-refractivity contribution in [3.05, 3.63) is 42.2 Å². The maximum absolute atomic E-state index is 5.84. The van der Waals surface area contributed by atoms with Gasteiger partial charge >= 0.3 is 0 Å². The number of nitrogens with zero attached hydrogens (tertiary/aromatic N) is 2. The van der Waals surface area contributed by atoms with Gasteiger partial charge in [0.1, 0.15) is 5.75 Å². The Bertz CT molecular complexity index is 550. The molecule has 4 nitrogen and oxygen atoms in total. The van der Waals surface area contributed by atoms with Crippen LogP contribution in [0.1, 0.15) is 38.8 Å². The highest BCUT2D eigenvalue weighted by Gasteiger charge is 2.08. The molecule has 0 saturated carbocycles. The highest BCUT2D eigenvalue weighted by molar-refractivity contribution is 5.49. The first-order valence-electron chi connectivity index (χ1n) is 7.10. The molecule has 0 saturated heterocycles. The third-order valence-electron chi connectivity index (χ3n) is 3.35. The molecule has 2 atom stereocenters. The molecule has 20 heavy (non-hydrogen) atoms. The smallest absolute Gasteiger partial charge is 0.121 e. The number of rotatable bonds is 6. The van der Waals surface area contributed by atoms with Gasteiger partial charge in [0.2, 0.25) is 0 Å². The molecular weight excluding hydrogens is 250 g/mol. The molecule has 1 heterocycles. The standard InChI is InChI=1S/C16H23N3O/c1-5-12(2)20-16-8-6-7-15(9-16)18-13(3)14-10-17-19(4)11-14/h6-13,18H,5H2,1-4H3/t12-,13+/m0/s1. The van der Waals surface area contributed by atoms with Crippen molar-refractivity contribution in [2.24, 2.45) is 7.05 Å². The fourth-order valence-electron chi connectivity index (χ4n) is 1.97. The SMILES string of the molecule is CC[C@H](C)Oc1cccc(N[C@H](C)c2cnn(C)c2)c1. The molecule has 4 heteroatoms. The summed E-state index contributed by atoms with van der Waals surface area (Å²) in [5.41, 5.74) is 2.22. The molecule has 2 rings (SSSR count). The number of anilines is 1. The first-order valence-corrected chi connectivity index (χ1v) is 7.10. The third kappa shape index (κ3) is 3.76. The highest BCUT2D eigenvalue weighted by Crippen LogP contribution is 2.23. The summed E-state index contributed by atoms with van der Waals surface area (Å²) >= 11 is 0. The summed E-state index contributed by atoms with van der Waals surface area (Å²) in [7, 11) is 1.93. The van der Waals surface area contributed by atoms with Gasteiger partial charge in [0.15, 0.2) is 0 Å². The van der Waals surface area contributed by atoms with E-state index in [4.69, 9.17) is 4.74 Å². The molecule has 108 valence electrons. The molecule has 0 aliphatic carbocycles. The van der Waals surface area contributed by atoms with Gasteiger partial charge in [-0.1, -0.05) is 13.0 Å². The molecule has 0 amide bonds. The molecule has 1 aromatic carbocycles. The Labute approximate surface area is 120 Å². The number of hydrogen-bond donors (Lipinski definition) is 1. The van der Waals surface area contributed by atoms with E-state index in [0.29, 0.717) is 0 Å². The Morgan fingerprint density at radius 2 is 2.15 bits per heavy atom. The average Bonchev–Trinajstić information content (AvgIpc) is 2.86. The minimum atomic E-state index is 0.211. The van der Waals surface area contributed by atoms with Gasteiger partial charge in [-0.15, -0.1) is 0 Å². The minimum absolute atomic E-state index is 0.211. The van der Waals surface area contributed by atoms with Crippen molar-refractivity contribution < 1.29 is 4.74 Å².